The molecular weight excluding hydrogens is 376 g/mol. The summed E-state index contributed by atoms with van der Waals surface area (Å²) in [4.78, 5) is 17.6. The monoisotopic (exact) mass is 408 g/mol. The zero-order valence-corrected chi connectivity index (χ0v) is 17.8. The van der Waals surface area contributed by atoms with Gasteiger partial charge in [0, 0.05) is 50.4 Å². The molecule has 2 N–H and O–H groups in total. The number of hydrogen-bond donors (Lipinski definition) is 2. The number of carbonyl (C=O) groups excluding carboxylic acids is 1. The molecule has 1 saturated heterocycles. The maximum absolute atomic E-state index is 12.7. The first-order valence-electron chi connectivity index (χ1n) is 10.1. The lowest BCUT2D eigenvalue weighted by atomic mass is 10.0. The van der Waals surface area contributed by atoms with Crippen LogP contribution >= 0.6 is 0 Å². The second kappa shape index (κ2) is 8.90. The van der Waals surface area contributed by atoms with Crippen molar-refractivity contribution in [3.05, 3.63) is 29.8 Å². The van der Waals surface area contributed by atoms with Crippen LogP contribution in [-0.4, -0.2) is 76.0 Å². The van der Waals surface area contributed by atoms with Crippen molar-refractivity contribution in [2.45, 2.75) is 43.7 Å². The van der Waals surface area contributed by atoms with E-state index in [1.807, 2.05) is 0 Å². The number of piperazine rings is 1. The SMILES string of the molecule is CC(C)C(CNC(=O)c1cccc(S(=O)(=O)NC2CC2)c1)N1CCN(C)CC1. The first-order chi connectivity index (χ1) is 13.3. The second-order valence-electron chi connectivity index (χ2n) is 8.28. The van der Waals surface area contributed by atoms with Gasteiger partial charge in [0.15, 0.2) is 0 Å². The Hall–Kier alpha value is -1.48. The fourth-order valence-electron chi connectivity index (χ4n) is 3.53. The molecule has 28 heavy (non-hydrogen) atoms. The summed E-state index contributed by atoms with van der Waals surface area (Å²) in [6, 6.07) is 6.57. The molecular formula is C20H32N4O3S. The summed E-state index contributed by atoms with van der Waals surface area (Å²) in [6.07, 6.45) is 1.75. The molecule has 1 heterocycles. The molecule has 1 saturated carbocycles. The van der Waals surface area contributed by atoms with E-state index in [9.17, 15) is 13.2 Å². The number of amides is 1. The third-order valence-electron chi connectivity index (χ3n) is 5.55. The number of sulfonamides is 1. The third-order valence-corrected chi connectivity index (χ3v) is 7.07. The normalized spacial score (nSPS) is 20.3. The van der Waals surface area contributed by atoms with Crippen LogP contribution in [0.5, 0.6) is 0 Å². The highest BCUT2D eigenvalue weighted by molar-refractivity contribution is 7.89. The Morgan fingerprint density at radius 1 is 1.18 bits per heavy atom. The fraction of sp³-hybridized carbons (Fsp3) is 0.650. The Morgan fingerprint density at radius 2 is 1.86 bits per heavy atom. The number of likely N-dealkylation sites (N-methyl/N-ethyl adjacent to an activating group) is 1. The maximum Gasteiger partial charge on any atom is 0.251 e. The van der Waals surface area contributed by atoms with Crippen molar-refractivity contribution in [2.75, 3.05) is 39.8 Å². The largest absolute Gasteiger partial charge is 0.350 e. The Balaban J connectivity index is 1.62. The minimum absolute atomic E-state index is 0.0397. The lowest BCUT2D eigenvalue weighted by Gasteiger charge is -2.39. The van der Waals surface area contributed by atoms with Crippen LogP contribution < -0.4 is 10.0 Å². The van der Waals surface area contributed by atoms with Crippen molar-refractivity contribution in [3.8, 4) is 0 Å². The molecule has 0 spiro atoms. The molecule has 1 aromatic rings. The Kier molecular flexibility index (Phi) is 6.75. The molecule has 7 nitrogen and oxygen atoms in total. The summed E-state index contributed by atoms with van der Waals surface area (Å²) in [5.41, 5.74) is 0.375. The van der Waals surface area contributed by atoms with Gasteiger partial charge in [0.2, 0.25) is 10.0 Å². The quantitative estimate of drug-likeness (QED) is 0.674. The number of carbonyl (C=O) groups is 1. The van der Waals surface area contributed by atoms with Crippen LogP contribution in [0.1, 0.15) is 37.0 Å². The predicted molar refractivity (Wildman–Crippen MR) is 110 cm³/mol. The van der Waals surface area contributed by atoms with Crippen LogP contribution in [0.15, 0.2) is 29.2 Å². The predicted octanol–water partition coefficient (Wildman–Crippen LogP) is 1.13. The molecule has 1 aliphatic carbocycles. The standard InChI is InChI=1S/C20H32N4O3S/c1-15(2)19(24-11-9-23(3)10-12-24)14-21-20(25)16-5-4-6-18(13-16)28(26,27)22-17-7-8-17/h4-6,13,15,17,19,22H,7-12,14H2,1-3H3,(H,21,25). The first kappa shape index (κ1) is 21.2. The van der Waals surface area contributed by atoms with Gasteiger partial charge in [-0.2, -0.15) is 0 Å². The van der Waals surface area contributed by atoms with Crippen molar-refractivity contribution in [2.24, 2.45) is 5.92 Å². The molecule has 0 aromatic heterocycles. The van der Waals surface area contributed by atoms with Crippen LogP contribution in [0.25, 0.3) is 0 Å². The van der Waals surface area contributed by atoms with Crippen LogP contribution in [0, 0.1) is 5.92 Å². The summed E-state index contributed by atoms with van der Waals surface area (Å²) in [7, 11) is -1.44. The van der Waals surface area contributed by atoms with Crippen LogP contribution in [-0.2, 0) is 10.0 Å². The maximum atomic E-state index is 12.7. The zero-order chi connectivity index (χ0) is 20.3. The van der Waals surface area contributed by atoms with E-state index in [-0.39, 0.29) is 22.9 Å². The molecule has 2 aliphatic rings. The molecule has 3 rings (SSSR count). The van der Waals surface area contributed by atoms with Crippen molar-refractivity contribution >= 4 is 15.9 Å². The summed E-state index contributed by atoms with van der Waals surface area (Å²) >= 11 is 0. The van der Waals surface area contributed by atoms with Gasteiger partial charge in [-0.3, -0.25) is 9.69 Å². The van der Waals surface area contributed by atoms with Gasteiger partial charge in [0.05, 0.1) is 4.90 Å². The van der Waals surface area contributed by atoms with Gasteiger partial charge in [-0.05, 0) is 44.0 Å². The average Bonchev–Trinajstić information content (AvgIpc) is 3.46. The van der Waals surface area contributed by atoms with E-state index >= 15 is 0 Å². The van der Waals surface area contributed by atoms with Gasteiger partial charge in [0.1, 0.15) is 0 Å². The van der Waals surface area contributed by atoms with Crippen molar-refractivity contribution in [3.63, 3.8) is 0 Å². The third kappa shape index (κ3) is 5.53. The summed E-state index contributed by atoms with van der Waals surface area (Å²) in [5, 5.41) is 3.01. The highest BCUT2D eigenvalue weighted by Gasteiger charge is 2.29. The van der Waals surface area contributed by atoms with E-state index in [0.717, 1.165) is 39.0 Å². The van der Waals surface area contributed by atoms with E-state index in [4.69, 9.17) is 0 Å². The summed E-state index contributed by atoms with van der Waals surface area (Å²) in [6.45, 7) is 8.96. The molecule has 1 aromatic carbocycles. The number of rotatable bonds is 8. The Morgan fingerprint density at radius 3 is 2.46 bits per heavy atom. The minimum Gasteiger partial charge on any atom is -0.350 e. The first-order valence-corrected chi connectivity index (χ1v) is 11.6. The Bertz CT molecular complexity index is 784. The topological polar surface area (TPSA) is 81.7 Å². The zero-order valence-electron chi connectivity index (χ0n) is 17.0. The highest BCUT2D eigenvalue weighted by Crippen LogP contribution is 2.22. The van der Waals surface area contributed by atoms with Gasteiger partial charge < -0.3 is 10.2 Å². The highest BCUT2D eigenvalue weighted by atomic mass is 32.2. The van der Waals surface area contributed by atoms with Gasteiger partial charge in [-0.1, -0.05) is 19.9 Å². The van der Waals surface area contributed by atoms with Gasteiger partial charge >= 0.3 is 0 Å². The number of nitrogens with one attached hydrogen (secondary N) is 2. The molecule has 1 amide bonds. The minimum atomic E-state index is -3.56. The second-order valence-corrected chi connectivity index (χ2v) is 10.00. The lowest BCUT2D eigenvalue weighted by molar-refractivity contribution is 0.0791. The van der Waals surface area contributed by atoms with Gasteiger partial charge in [-0.25, -0.2) is 13.1 Å². The van der Waals surface area contributed by atoms with E-state index in [1.165, 1.54) is 12.1 Å². The fourth-order valence-corrected chi connectivity index (χ4v) is 4.88. The van der Waals surface area contributed by atoms with Crippen molar-refractivity contribution < 1.29 is 13.2 Å². The van der Waals surface area contributed by atoms with Crippen molar-refractivity contribution in [1.29, 1.82) is 0 Å². The average molecular weight is 409 g/mol. The molecule has 2 fully saturated rings. The molecule has 1 unspecified atom stereocenters. The van der Waals surface area contributed by atoms with Crippen LogP contribution in [0.4, 0.5) is 0 Å². The van der Waals surface area contributed by atoms with E-state index < -0.39 is 10.0 Å². The molecule has 0 radical (unpaired) electrons. The number of nitrogens with zero attached hydrogens (tertiary/aromatic N) is 2. The van der Waals surface area contributed by atoms with E-state index in [0.29, 0.717) is 18.0 Å². The molecule has 1 atom stereocenters. The summed E-state index contributed by atoms with van der Waals surface area (Å²) < 4.78 is 27.4. The van der Waals surface area contributed by atoms with E-state index in [1.54, 1.807) is 12.1 Å². The van der Waals surface area contributed by atoms with Crippen LogP contribution in [0.2, 0.25) is 0 Å². The van der Waals surface area contributed by atoms with Gasteiger partial charge in [0.25, 0.3) is 5.91 Å². The van der Waals surface area contributed by atoms with Crippen LogP contribution in [0.3, 0.4) is 0 Å². The Labute approximate surface area is 168 Å². The lowest BCUT2D eigenvalue weighted by Crippen LogP contribution is -2.54. The number of hydrogen-bond acceptors (Lipinski definition) is 5. The van der Waals surface area contributed by atoms with E-state index in [2.05, 4.69) is 40.7 Å². The molecule has 1 aliphatic heterocycles. The smallest absolute Gasteiger partial charge is 0.251 e. The van der Waals surface area contributed by atoms with Gasteiger partial charge in [-0.15, -0.1) is 0 Å². The summed E-state index contributed by atoms with van der Waals surface area (Å²) in [5.74, 6) is 0.182. The van der Waals surface area contributed by atoms with Crippen molar-refractivity contribution in [1.82, 2.24) is 19.8 Å². The number of benzene rings is 1. The molecule has 156 valence electrons. The molecule has 0 bridgehead atoms. The molecule has 8 heteroatoms.